The number of alkyl halides is 3. The second-order valence-corrected chi connectivity index (χ2v) is 9.89. The molecule has 2 atom stereocenters. The number of anilines is 2. The number of likely N-dealkylation sites (tertiary alicyclic amines) is 1. The fourth-order valence-corrected chi connectivity index (χ4v) is 5.43. The molecule has 196 valence electrons. The molecule has 0 aromatic carbocycles. The van der Waals surface area contributed by atoms with Gasteiger partial charge in [0.25, 0.3) is 6.43 Å². The molecule has 0 amide bonds. The molecule has 2 fully saturated rings. The number of piperidine rings is 1. The van der Waals surface area contributed by atoms with E-state index >= 15 is 4.39 Å². The summed E-state index contributed by atoms with van der Waals surface area (Å²) in [4.78, 5) is 15.9. The second-order valence-electron chi connectivity index (χ2n) is 9.89. The van der Waals surface area contributed by atoms with Gasteiger partial charge in [-0.3, -0.25) is 4.90 Å². The Balaban J connectivity index is 1.30. The maximum Gasteiger partial charge on any atom is 0.256 e. The van der Waals surface area contributed by atoms with E-state index in [1.165, 1.54) is 23.8 Å². The molecule has 1 saturated heterocycles. The lowest BCUT2D eigenvalue weighted by molar-refractivity contribution is 0.0552. The largest absolute Gasteiger partial charge is 0.371 e. The molecule has 6 rings (SSSR count). The van der Waals surface area contributed by atoms with Crippen molar-refractivity contribution in [2.45, 2.75) is 63.8 Å². The van der Waals surface area contributed by atoms with Crippen LogP contribution in [0.15, 0.2) is 24.4 Å². The van der Waals surface area contributed by atoms with Gasteiger partial charge in [-0.15, -0.1) is 5.10 Å². The summed E-state index contributed by atoms with van der Waals surface area (Å²) in [5.41, 5.74) is 3.00. The first-order chi connectivity index (χ1) is 17.9. The highest BCUT2D eigenvalue weighted by molar-refractivity contribution is 5.89. The summed E-state index contributed by atoms with van der Waals surface area (Å²) in [6, 6.07) is 5.64. The molecular weight excluding hydrogens is 483 g/mol. The van der Waals surface area contributed by atoms with Crippen LogP contribution in [0.2, 0.25) is 0 Å². The number of imidazole rings is 1. The molecule has 0 unspecified atom stereocenters. The quantitative estimate of drug-likeness (QED) is 0.384. The lowest BCUT2D eigenvalue weighted by Gasteiger charge is -2.43. The summed E-state index contributed by atoms with van der Waals surface area (Å²) in [7, 11) is 1.76. The normalized spacial score (nSPS) is 21.1. The fraction of sp³-hybridized carbons (Fsp3) is 0.520. The Morgan fingerprint density at radius 1 is 1.11 bits per heavy atom. The number of rotatable bonds is 7. The lowest BCUT2D eigenvalue weighted by atomic mass is 9.89. The minimum Gasteiger partial charge on any atom is -0.371 e. The third-order valence-electron chi connectivity index (χ3n) is 7.61. The van der Waals surface area contributed by atoms with E-state index in [1.807, 2.05) is 12.1 Å². The Kier molecular flexibility index (Phi) is 6.13. The lowest BCUT2D eigenvalue weighted by Crippen LogP contribution is -2.53. The van der Waals surface area contributed by atoms with Gasteiger partial charge in [0.05, 0.1) is 18.3 Å². The van der Waals surface area contributed by atoms with Gasteiger partial charge in [0.1, 0.15) is 23.0 Å². The van der Waals surface area contributed by atoms with Crippen molar-refractivity contribution in [1.82, 2.24) is 34.0 Å². The van der Waals surface area contributed by atoms with Crippen LogP contribution < -0.4 is 10.6 Å². The van der Waals surface area contributed by atoms with E-state index in [1.54, 1.807) is 30.8 Å². The van der Waals surface area contributed by atoms with Crippen LogP contribution in [0.1, 0.15) is 31.5 Å². The monoisotopic (exact) mass is 513 g/mol. The Bertz CT molecular complexity index is 1430. The van der Waals surface area contributed by atoms with Crippen molar-refractivity contribution in [2.24, 2.45) is 0 Å². The number of nitrogens with zero attached hydrogens (tertiary/aromatic N) is 7. The van der Waals surface area contributed by atoms with Crippen molar-refractivity contribution in [3.8, 4) is 11.3 Å². The number of aromatic nitrogens is 6. The van der Waals surface area contributed by atoms with Gasteiger partial charge in [-0.25, -0.2) is 27.7 Å². The summed E-state index contributed by atoms with van der Waals surface area (Å²) in [5, 5.41) is 10.9. The summed E-state index contributed by atoms with van der Waals surface area (Å²) in [6.45, 7) is 2.53. The molecule has 4 aromatic rings. The van der Waals surface area contributed by atoms with Gasteiger partial charge in [-0.05, 0) is 44.4 Å². The van der Waals surface area contributed by atoms with E-state index in [4.69, 9.17) is 0 Å². The van der Waals surface area contributed by atoms with Crippen molar-refractivity contribution in [1.29, 1.82) is 0 Å². The molecule has 4 aromatic heterocycles. The summed E-state index contributed by atoms with van der Waals surface area (Å²) < 4.78 is 44.4. The van der Waals surface area contributed by atoms with Crippen LogP contribution in [0.3, 0.4) is 0 Å². The molecule has 1 aliphatic carbocycles. The molecule has 12 heteroatoms. The van der Waals surface area contributed by atoms with Crippen LogP contribution in [0.25, 0.3) is 27.9 Å². The molecule has 37 heavy (non-hydrogen) atoms. The zero-order chi connectivity index (χ0) is 25.7. The van der Waals surface area contributed by atoms with Crippen molar-refractivity contribution in [3.63, 3.8) is 0 Å². The number of pyridine rings is 1. The minimum absolute atomic E-state index is 0.345. The first kappa shape index (κ1) is 24.0. The number of nitrogens with one attached hydrogen (secondary N) is 2. The molecule has 0 spiro atoms. The van der Waals surface area contributed by atoms with Crippen molar-refractivity contribution in [3.05, 3.63) is 30.2 Å². The maximum atomic E-state index is 15.0. The highest BCUT2D eigenvalue weighted by Crippen LogP contribution is 2.32. The van der Waals surface area contributed by atoms with Crippen LogP contribution in [0.5, 0.6) is 0 Å². The van der Waals surface area contributed by atoms with E-state index in [9.17, 15) is 8.78 Å². The highest BCUT2D eigenvalue weighted by Gasteiger charge is 2.35. The predicted octanol–water partition coefficient (Wildman–Crippen LogP) is 4.13. The van der Waals surface area contributed by atoms with E-state index in [-0.39, 0.29) is 6.04 Å². The van der Waals surface area contributed by atoms with Crippen LogP contribution in [-0.2, 0) is 6.54 Å². The van der Waals surface area contributed by atoms with Gasteiger partial charge in [-0.2, -0.15) is 4.98 Å². The first-order valence-electron chi connectivity index (χ1n) is 12.8. The molecule has 0 bridgehead atoms. The smallest absolute Gasteiger partial charge is 0.256 e. The standard InChI is InChI=1S/C25H30F3N9/c1-14-30-20-7-6-18(31-24(20)36(14)13-21(27)28)16-8-11-37-22(16)23(29-2)33-25(34-37)32-19-9-10-35(12-17(19)26)15-4-3-5-15/h6-8,11,15,17,19,21H,3-5,9-10,12-13H2,1-2H3,(H2,29,32,33,34)/t17-,19+/m1/s1. The van der Waals surface area contributed by atoms with E-state index in [0.717, 1.165) is 12.1 Å². The van der Waals surface area contributed by atoms with E-state index in [2.05, 4.69) is 35.6 Å². The second kappa shape index (κ2) is 9.47. The van der Waals surface area contributed by atoms with Crippen LogP contribution in [0.4, 0.5) is 24.9 Å². The number of halogens is 3. The predicted molar refractivity (Wildman–Crippen MR) is 136 cm³/mol. The average Bonchev–Trinajstić information content (AvgIpc) is 3.39. The average molecular weight is 514 g/mol. The minimum atomic E-state index is -2.51. The van der Waals surface area contributed by atoms with Gasteiger partial charge < -0.3 is 15.2 Å². The van der Waals surface area contributed by atoms with E-state index in [0.29, 0.717) is 59.0 Å². The Morgan fingerprint density at radius 2 is 1.95 bits per heavy atom. The number of fused-ring (bicyclic) bond motifs is 2. The molecule has 2 N–H and O–H groups in total. The van der Waals surface area contributed by atoms with Crippen LogP contribution in [0, 0.1) is 6.92 Å². The third kappa shape index (κ3) is 4.36. The maximum absolute atomic E-state index is 15.0. The topological polar surface area (TPSA) is 88.2 Å². The van der Waals surface area contributed by atoms with Crippen LogP contribution in [-0.4, -0.2) is 78.9 Å². The molecule has 1 saturated carbocycles. The van der Waals surface area contributed by atoms with Crippen molar-refractivity contribution >= 4 is 28.4 Å². The summed E-state index contributed by atoms with van der Waals surface area (Å²) >= 11 is 0. The molecule has 1 aliphatic heterocycles. The molecular formula is C25H30F3N9. The fourth-order valence-electron chi connectivity index (χ4n) is 5.43. The number of aryl methyl sites for hydroxylation is 1. The summed E-state index contributed by atoms with van der Waals surface area (Å²) in [6.07, 6.45) is 2.55. The molecule has 2 aliphatic rings. The number of hydrogen-bond donors (Lipinski definition) is 2. The van der Waals surface area contributed by atoms with Crippen LogP contribution >= 0.6 is 0 Å². The Morgan fingerprint density at radius 3 is 2.65 bits per heavy atom. The van der Waals surface area contributed by atoms with Gasteiger partial charge in [0.2, 0.25) is 5.95 Å². The summed E-state index contributed by atoms with van der Waals surface area (Å²) in [5.74, 6) is 1.39. The molecule has 5 heterocycles. The van der Waals surface area contributed by atoms with Crippen molar-refractivity contribution in [2.75, 3.05) is 30.8 Å². The third-order valence-corrected chi connectivity index (χ3v) is 7.61. The molecule has 9 nitrogen and oxygen atoms in total. The van der Waals surface area contributed by atoms with Gasteiger partial charge >= 0.3 is 0 Å². The number of hydrogen-bond acceptors (Lipinski definition) is 7. The first-order valence-corrected chi connectivity index (χ1v) is 12.8. The van der Waals surface area contributed by atoms with E-state index < -0.39 is 19.1 Å². The van der Waals surface area contributed by atoms with Crippen molar-refractivity contribution < 1.29 is 13.2 Å². The van der Waals surface area contributed by atoms with Gasteiger partial charge in [0.15, 0.2) is 11.5 Å². The SMILES string of the molecule is CNc1nc(N[C@H]2CCN(C3CCC3)C[C@H]2F)nn2ccc(-c3ccc4nc(C)n(CC(F)F)c4n3)c12. The van der Waals surface area contributed by atoms with Gasteiger partial charge in [0, 0.05) is 37.9 Å². The zero-order valence-electron chi connectivity index (χ0n) is 20.8. The zero-order valence-corrected chi connectivity index (χ0v) is 20.8. The molecule has 0 radical (unpaired) electrons. The Labute approximate surface area is 212 Å². The highest BCUT2D eigenvalue weighted by atomic mass is 19.3. The Hall–Kier alpha value is -3.41. The van der Waals surface area contributed by atoms with Gasteiger partial charge in [-0.1, -0.05) is 6.42 Å².